The molecule has 1 fully saturated rings. The number of hydrogen-bond acceptors (Lipinski definition) is 7. The van der Waals surface area contributed by atoms with Gasteiger partial charge in [-0.2, -0.15) is 0 Å². The van der Waals surface area contributed by atoms with E-state index >= 15 is 0 Å². The number of thioether (sulfide) groups is 1. The first-order valence-corrected chi connectivity index (χ1v) is 17.5. The minimum absolute atomic E-state index is 0.0446. The minimum atomic E-state index is -4.22. The van der Waals surface area contributed by atoms with Crippen molar-refractivity contribution in [3.8, 4) is 11.5 Å². The molecule has 0 aliphatic heterocycles. The van der Waals surface area contributed by atoms with Crippen LogP contribution in [0, 0.1) is 0 Å². The molecule has 9 nitrogen and oxygen atoms in total. The number of hydrogen-bond donors (Lipinski definition) is 1. The summed E-state index contributed by atoms with van der Waals surface area (Å²) in [4.78, 5) is 30.1. The Morgan fingerprint density at radius 3 is 2.27 bits per heavy atom. The van der Waals surface area contributed by atoms with Gasteiger partial charge in [-0.3, -0.25) is 13.9 Å². The van der Waals surface area contributed by atoms with E-state index in [1.54, 1.807) is 62.6 Å². The van der Waals surface area contributed by atoms with Gasteiger partial charge in [-0.25, -0.2) is 8.42 Å². The highest BCUT2D eigenvalue weighted by molar-refractivity contribution is 7.98. The minimum Gasteiger partial charge on any atom is -0.497 e. The van der Waals surface area contributed by atoms with Gasteiger partial charge in [0.05, 0.1) is 24.3 Å². The molecule has 0 saturated heterocycles. The van der Waals surface area contributed by atoms with Crippen molar-refractivity contribution in [3.63, 3.8) is 0 Å². The Labute approximate surface area is 265 Å². The van der Waals surface area contributed by atoms with E-state index < -0.39 is 28.5 Å². The molecular formula is C33H41N3O6S2. The molecule has 4 rings (SSSR count). The molecule has 0 heterocycles. The number of amides is 2. The zero-order valence-corrected chi connectivity index (χ0v) is 27.3. The maximum atomic E-state index is 14.3. The van der Waals surface area contributed by atoms with Crippen LogP contribution in [0.4, 0.5) is 5.69 Å². The molecule has 0 unspecified atom stereocenters. The van der Waals surface area contributed by atoms with Crippen molar-refractivity contribution in [2.45, 2.75) is 68.0 Å². The average molecular weight is 640 g/mol. The quantitative estimate of drug-likeness (QED) is 0.233. The second-order valence-corrected chi connectivity index (χ2v) is 13.4. The summed E-state index contributed by atoms with van der Waals surface area (Å²) < 4.78 is 40.6. The van der Waals surface area contributed by atoms with E-state index in [0.29, 0.717) is 18.1 Å². The van der Waals surface area contributed by atoms with E-state index in [4.69, 9.17) is 9.47 Å². The van der Waals surface area contributed by atoms with Crippen LogP contribution in [0.5, 0.6) is 11.5 Å². The van der Waals surface area contributed by atoms with Gasteiger partial charge < -0.3 is 19.7 Å². The zero-order valence-electron chi connectivity index (χ0n) is 25.7. The Morgan fingerprint density at radius 1 is 1.00 bits per heavy atom. The van der Waals surface area contributed by atoms with E-state index in [0.717, 1.165) is 40.4 Å². The second-order valence-electron chi connectivity index (χ2n) is 10.6. The monoisotopic (exact) mass is 639 g/mol. The summed E-state index contributed by atoms with van der Waals surface area (Å²) in [6.07, 6.45) is 5.82. The predicted molar refractivity (Wildman–Crippen MR) is 174 cm³/mol. The molecule has 0 spiro atoms. The second kappa shape index (κ2) is 15.3. The van der Waals surface area contributed by atoms with Crippen LogP contribution >= 0.6 is 11.8 Å². The Morgan fingerprint density at radius 2 is 1.66 bits per heavy atom. The normalized spacial score (nSPS) is 14.1. The Balaban J connectivity index is 1.72. The number of nitrogens with one attached hydrogen (secondary N) is 1. The fourth-order valence-corrected chi connectivity index (χ4v) is 7.06. The fourth-order valence-electron chi connectivity index (χ4n) is 5.23. The third-order valence-corrected chi connectivity index (χ3v) is 10.3. The smallest absolute Gasteiger partial charge is 0.264 e. The van der Waals surface area contributed by atoms with Crippen LogP contribution in [0.15, 0.2) is 82.6 Å². The molecule has 236 valence electrons. The third kappa shape index (κ3) is 8.06. The van der Waals surface area contributed by atoms with Crippen LogP contribution in [0.25, 0.3) is 0 Å². The summed E-state index contributed by atoms with van der Waals surface area (Å²) in [5.41, 5.74) is 1.01. The summed E-state index contributed by atoms with van der Waals surface area (Å²) in [5.74, 6) is 0.206. The van der Waals surface area contributed by atoms with Crippen molar-refractivity contribution < 1.29 is 27.5 Å². The van der Waals surface area contributed by atoms with Crippen LogP contribution in [0.2, 0.25) is 0 Å². The van der Waals surface area contributed by atoms with Gasteiger partial charge in [0.25, 0.3) is 10.0 Å². The van der Waals surface area contributed by atoms with Crippen LogP contribution in [-0.2, 0) is 26.2 Å². The molecular weight excluding hydrogens is 599 g/mol. The lowest BCUT2D eigenvalue weighted by Gasteiger charge is -2.33. The molecule has 2 amide bonds. The molecule has 3 aromatic rings. The predicted octanol–water partition coefficient (Wildman–Crippen LogP) is 5.49. The van der Waals surface area contributed by atoms with Gasteiger partial charge in [0, 0.05) is 17.5 Å². The summed E-state index contributed by atoms with van der Waals surface area (Å²) in [7, 11) is -2.64. The fraction of sp³-hybridized carbons (Fsp3) is 0.394. The molecule has 11 heteroatoms. The summed E-state index contributed by atoms with van der Waals surface area (Å²) >= 11 is 1.50. The highest BCUT2D eigenvalue weighted by Gasteiger charge is 2.34. The van der Waals surface area contributed by atoms with Gasteiger partial charge >= 0.3 is 0 Å². The largest absolute Gasteiger partial charge is 0.497 e. The Hall–Kier alpha value is -3.70. The van der Waals surface area contributed by atoms with Gasteiger partial charge in [0.2, 0.25) is 11.8 Å². The maximum Gasteiger partial charge on any atom is 0.264 e. The van der Waals surface area contributed by atoms with Gasteiger partial charge in [-0.05, 0) is 87.0 Å². The van der Waals surface area contributed by atoms with Crippen molar-refractivity contribution in [1.29, 1.82) is 0 Å². The van der Waals surface area contributed by atoms with E-state index in [-0.39, 0.29) is 29.1 Å². The first-order valence-electron chi connectivity index (χ1n) is 14.8. The van der Waals surface area contributed by atoms with Crippen LogP contribution in [0.1, 0.15) is 45.1 Å². The third-order valence-electron chi connectivity index (χ3n) is 7.74. The molecule has 1 aliphatic carbocycles. The Kier molecular flexibility index (Phi) is 11.6. The van der Waals surface area contributed by atoms with Crippen LogP contribution in [0.3, 0.4) is 0 Å². The molecule has 0 aromatic heterocycles. The SMILES string of the molecule is CCOc1ccccc1N(CC(=O)N(Cc1ccc(OC)cc1)[C@@H](C)C(=O)NC1CCCC1)S(=O)(=O)c1ccc(SC)cc1. The lowest BCUT2D eigenvalue weighted by atomic mass is 10.1. The van der Waals surface area contributed by atoms with E-state index in [1.807, 2.05) is 25.3 Å². The average Bonchev–Trinajstić information content (AvgIpc) is 3.56. The molecule has 1 N–H and O–H groups in total. The summed E-state index contributed by atoms with van der Waals surface area (Å²) in [5, 5.41) is 3.09. The van der Waals surface area contributed by atoms with Gasteiger partial charge in [-0.15, -0.1) is 11.8 Å². The number of sulfonamides is 1. The van der Waals surface area contributed by atoms with Crippen LogP contribution in [-0.4, -0.2) is 63.7 Å². The van der Waals surface area contributed by atoms with Gasteiger partial charge in [0.1, 0.15) is 24.1 Å². The molecule has 1 aliphatic rings. The maximum absolute atomic E-state index is 14.3. The number of ether oxygens (including phenoxy) is 2. The topological polar surface area (TPSA) is 105 Å². The molecule has 0 bridgehead atoms. The lowest BCUT2D eigenvalue weighted by Crippen LogP contribution is -2.52. The number of benzene rings is 3. The van der Waals surface area contributed by atoms with Crippen molar-refractivity contribution in [2.24, 2.45) is 0 Å². The van der Waals surface area contributed by atoms with Crippen molar-refractivity contribution in [1.82, 2.24) is 10.2 Å². The molecule has 44 heavy (non-hydrogen) atoms. The van der Waals surface area contributed by atoms with Crippen molar-refractivity contribution in [3.05, 3.63) is 78.4 Å². The number of carbonyl (C=O) groups excluding carboxylic acids is 2. The number of nitrogens with zero attached hydrogens (tertiary/aromatic N) is 2. The Bertz CT molecular complexity index is 1510. The summed E-state index contributed by atoms with van der Waals surface area (Å²) in [6, 6.07) is 19.7. The molecule has 0 radical (unpaired) electrons. The molecule has 1 atom stereocenters. The van der Waals surface area contributed by atoms with Crippen molar-refractivity contribution in [2.75, 3.05) is 30.8 Å². The molecule has 1 saturated carbocycles. The summed E-state index contributed by atoms with van der Waals surface area (Å²) in [6.45, 7) is 3.37. The number of carbonyl (C=O) groups is 2. The number of para-hydroxylation sites is 2. The first-order chi connectivity index (χ1) is 21.2. The van der Waals surface area contributed by atoms with Gasteiger partial charge in [-0.1, -0.05) is 37.1 Å². The number of methoxy groups -OCH3 is 1. The highest BCUT2D eigenvalue weighted by atomic mass is 32.2. The van der Waals surface area contributed by atoms with Crippen molar-refractivity contribution >= 4 is 39.3 Å². The van der Waals surface area contributed by atoms with E-state index in [9.17, 15) is 18.0 Å². The zero-order chi connectivity index (χ0) is 31.7. The van der Waals surface area contributed by atoms with E-state index in [2.05, 4.69) is 5.32 Å². The highest BCUT2D eigenvalue weighted by Crippen LogP contribution is 2.33. The first kappa shape index (κ1) is 33.2. The standard InChI is InChI=1S/C33H41N3O6S2/c1-5-42-31-13-9-8-12-30(31)36(44(39,40)29-20-18-28(43-4)19-21-29)23-32(37)35(22-25-14-16-27(41-3)17-15-25)24(2)33(38)34-26-10-6-7-11-26/h8-9,12-21,24,26H,5-7,10-11,22-23H2,1-4H3,(H,34,38)/t24-/m0/s1. The van der Waals surface area contributed by atoms with Crippen LogP contribution < -0.4 is 19.1 Å². The number of anilines is 1. The molecule has 3 aromatic carbocycles. The number of rotatable bonds is 14. The van der Waals surface area contributed by atoms with E-state index in [1.165, 1.54) is 28.8 Å². The lowest BCUT2D eigenvalue weighted by molar-refractivity contribution is -0.139. The van der Waals surface area contributed by atoms with Gasteiger partial charge in [0.15, 0.2) is 0 Å².